The molecule has 2 aromatic heterocycles. The van der Waals surface area contributed by atoms with Crippen LogP contribution in [-0.4, -0.2) is 23.4 Å². The quantitative estimate of drug-likeness (QED) is 0.634. The van der Waals surface area contributed by atoms with Crippen LogP contribution in [0.3, 0.4) is 0 Å². The summed E-state index contributed by atoms with van der Waals surface area (Å²) in [5, 5.41) is 1.39. The molecule has 1 saturated heterocycles. The van der Waals surface area contributed by atoms with Crippen molar-refractivity contribution in [2.45, 2.75) is 32.2 Å². The van der Waals surface area contributed by atoms with Gasteiger partial charge in [-0.3, -0.25) is 4.79 Å². The molecule has 0 spiro atoms. The third kappa shape index (κ3) is 2.36. The Hall–Kier alpha value is -2.14. The lowest BCUT2D eigenvalue weighted by Gasteiger charge is -2.33. The predicted octanol–water partition coefficient (Wildman–Crippen LogP) is 4.02. The molecule has 3 heterocycles. The van der Waals surface area contributed by atoms with Gasteiger partial charge in [-0.25, -0.2) is 4.79 Å². The molecule has 1 aliphatic rings. The molecule has 1 aromatic carbocycles. The van der Waals surface area contributed by atoms with Crippen molar-refractivity contribution < 1.29 is 9.21 Å². The summed E-state index contributed by atoms with van der Waals surface area (Å²) in [6.07, 6.45) is 3.26. The van der Waals surface area contributed by atoms with Gasteiger partial charge < -0.3 is 9.32 Å². The van der Waals surface area contributed by atoms with E-state index in [2.05, 4.69) is 6.92 Å². The van der Waals surface area contributed by atoms with Crippen molar-refractivity contribution >= 4 is 38.3 Å². The molecule has 1 atom stereocenters. The Morgan fingerprint density at radius 3 is 2.91 bits per heavy atom. The first-order chi connectivity index (χ1) is 11.1. The number of benzene rings is 1. The summed E-state index contributed by atoms with van der Waals surface area (Å²) >= 11 is 1.39. The first kappa shape index (κ1) is 14.5. The van der Waals surface area contributed by atoms with E-state index in [1.54, 1.807) is 12.1 Å². The molecular formula is C18H17NO3S. The summed E-state index contributed by atoms with van der Waals surface area (Å²) in [5.74, 6) is 0.0295. The average Bonchev–Trinajstić information content (AvgIpc) is 3.01. The Morgan fingerprint density at radius 1 is 1.26 bits per heavy atom. The van der Waals surface area contributed by atoms with Gasteiger partial charge >= 0.3 is 5.63 Å². The Bertz CT molecular complexity index is 956. The second kappa shape index (κ2) is 5.49. The van der Waals surface area contributed by atoms with Gasteiger partial charge in [-0.05, 0) is 44.4 Å². The molecule has 5 heteroatoms. The van der Waals surface area contributed by atoms with Crippen LogP contribution in [0.25, 0.3) is 21.1 Å². The van der Waals surface area contributed by atoms with Crippen LogP contribution >= 0.6 is 11.3 Å². The second-order valence-corrected chi connectivity index (χ2v) is 7.13. The van der Waals surface area contributed by atoms with Crippen LogP contribution in [-0.2, 0) is 0 Å². The normalized spacial score (nSPS) is 18.7. The predicted molar refractivity (Wildman–Crippen MR) is 92.2 cm³/mol. The van der Waals surface area contributed by atoms with Crippen molar-refractivity contribution in [3.05, 3.63) is 45.6 Å². The summed E-state index contributed by atoms with van der Waals surface area (Å²) in [6.45, 7) is 2.89. The molecule has 0 N–H and O–H groups in total. The van der Waals surface area contributed by atoms with Gasteiger partial charge in [-0.2, -0.15) is 0 Å². The summed E-state index contributed by atoms with van der Waals surface area (Å²) in [5.41, 5.74) is 0.192. The number of fused-ring (bicyclic) bond motifs is 3. The zero-order valence-electron chi connectivity index (χ0n) is 12.9. The molecule has 0 bridgehead atoms. The van der Waals surface area contributed by atoms with Crippen LogP contribution in [0, 0.1) is 0 Å². The number of likely N-dealkylation sites (tertiary alicyclic amines) is 1. The van der Waals surface area contributed by atoms with Crippen LogP contribution in [0.4, 0.5) is 0 Å². The van der Waals surface area contributed by atoms with Gasteiger partial charge in [0, 0.05) is 18.0 Å². The Morgan fingerprint density at radius 2 is 2.09 bits per heavy atom. The van der Waals surface area contributed by atoms with E-state index in [-0.39, 0.29) is 17.6 Å². The maximum atomic E-state index is 12.8. The van der Waals surface area contributed by atoms with Gasteiger partial charge in [0.05, 0.1) is 15.0 Å². The lowest BCUT2D eigenvalue weighted by atomic mass is 10.0. The molecule has 1 fully saturated rings. The third-order valence-electron chi connectivity index (χ3n) is 4.56. The Labute approximate surface area is 137 Å². The molecule has 0 unspecified atom stereocenters. The van der Waals surface area contributed by atoms with Crippen molar-refractivity contribution in [1.29, 1.82) is 0 Å². The highest BCUT2D eigenvalue weighted by Crippen LogP contribution is 2.32. The number of rotatable bonds is 1. The number of amides is 1. The highest BCUT2D eigenvalue weighted by Gasteiger charge is 2.26. The topological polar surface area (TPSA) is 50.5 Å². The van der Waals surface area contributed by atoms with Gasteiger partial charge in [0.2, 0.25) is 0 Å². The first-order valence-corrected chi connectivity index (χ1v) is 8.73. The van der Waals surface area contributed by atoms with Crippen LogP contribution in [0.2, 0.25) is 0 Å². The Kier molecular flexibility index (Phi) is 3.45. The van der Waals surface area contributed by atoms with Crippen molar-refractivity contribution in [1.82, 2.24) is 4.90 Å². The first-order valence-electron chi connectivity index (χ1n) is 7.91. The van der Waals surface area contributed by atoms with E-state index in [4.69, 9.17) is 4.42 Å². The minimum absolute atomic E-state index is 0.0295. The molecule has 4 nitrogen and oxygen atoms in total. The fraction of sp³-hybridized carbons (Fsp3) is 0.333. The molecule has 1 aliphatic heterocycles. The summed E-state index contributed by atoms with van der Waals surface area (Å²) < 4.78 is 6.20. The monoisotopic (exact) mass is 327 g/mol. The second-order valence-electron chi connectivity index (χ2n) is 6.08. The third-order valence-corrected chi connectivity index (χ3v) is 5.72. The van der Waals surface area contributed by atoms with E-state index in [0.29, 0.717) is 15.8 Å². The smallest absolute Gasteiger partial charge is 0.345 e. The molecule has 3 aromatic rings. The maximum Gasteiger partial charge on any atom is 0.345 e. The summed E-state index contributed by atoms with van der Waals surface area (Å²) in [4.78, 5) is 27.6. The van der Waals surface area contributed by atoms with Gasteiger partial charge in [0.15, 0.2) is 0 Å². The molecule has 1 amide bonds. The Balaban J connectivity index is 1.85. The van der Waals surface area contributed by atoms with E-state index >= 15 is 0 Å². The maximum absolute atomic E-state index is 12.8. The van der Waals surface area contributed by atoms with Crippen molar-refractivity contribution in [3.8, 4) is 0 Å². The van der Waals surface area contributed by atoms with Gasteiger partial charge in [0.1, 0.15) is 5.58 Å². The number of nitrogens with zero attached hydrogens (tertiary/aromatic N) is 1. The standard InChI is InChI=1S/C18H17NO3S/c1-11-6-4-5-9-19(11)17(20)15-10-13-16(23-15)12-7-2-3-8-14(12)22-18(13)21/h2-3,7-8,10-11H,4-6,9H2,1H3/t11-/m1/s1. The van der Waals surface area contributed by atoms with E-state index in [1.807, 2.05) is 23.1 Å². The van der Waals surface area contributed by atoms with Crippen LogP contribution in [0.1, 0.15) is 35.9 Å². The molecule has 118 valence electrons. The molecule has 4 rings (SSSR count). The van der Waals surface area contributed by atoms with Crippen molar-refractivity contribution in [2.75, 3.05) is 6.54 Å². The molecule has 0 aliphatic carbocycles. The number of para-hydroxylation sites is 1. The minimum Gasteiger partial charge on any atom is -0.422 e. The highest BCUT2D eigenvalue weighted by atomic mass is 32.1. The van der Waals surface area contributed by atoms with Gasteiger partial charge in [-0.15, -0.1) is 11.3 Å². The molecule has 23 heavy (non-hydrogen) atoms. The largest absolute Gasteiger partial charge is 0.422 e. The molecule has 0 radical (unpaired) electrons. The fourth-order valence-corrected chi connectivity index (χ4v) is 4.42. The van der Waals surface area contributed by atoms with Crippen LogP contribution < -0.4 is 5.63 Å². The number of carbonyl (C=O) groups is 1. The number of hydrogen-bond donors (Lipinski definition) is 0. The molecular weight excluding hydrogens is 310 g/mol. The van der Waals surface area contributed by atoms with E-state index in [9.17, 15) is 9.59 Å². The number of carbonyl (C=O) groups excluding carboxylic acids is 1. The number of hydrogen-bond acceptors (Lipinski definition) is 4. The SMILES string of the molecule is C[C@@H]1CCCCN1C(=O)c1cc2c(=O)oc3ccccc3c2s1. The summed E-state index contributed by atoms with van der Waals surface area (Å²) in [7, 11) is 0. The lowest BCUT2D eigenvalue weighted by molar-refractivity contribution is 0.0641. The lowest BCUT2D eigenvalue weighted by Crippen LogP contribution is -2.41. The van der Waals surface area contributed by atoms with Crippen molar-refractivity contribution in [2.24, 2.45) is 0 Å². The van der Waals surface area contributed by atoms with Crippen molar-refractivity contribution in [3.63, 3.8) is 0 Å². The minimum atomic E-state index is -0.374. The van der Waals surface area contributed by atoms with E-state index in [1.165, 1.54) is 17.8 Å². The summed E-state index contributed by atoms with van der Waals surface area (Å²) in [6, 6.07) is 9.41. The number of thiophene rings is 1. The zero-order valence-corrected chi connectivity index (χ0v) is 13.7. The van der Waals surface area contributed by atoms with E-state index < -0.39 is 0 Å². The fourth-order valence-electron chi connectivity index (χ4n) is 3.29. The average molecular weight is 327 g/mol. The number of piperidine rings is 1. The van der Waals surface area contributed by atoms with Gasteiger partial charge in [0.25, 0.3) is 5.91 Å². The highest BCUT2D eigenvalue weighted by molar-refractivity contribution is 7.21. The van der Waals surface area contributed by atoms with Crippen LogP contribution in [0.15, 0.2) is 39.5 Å². The zero-order chi connectivity index (χ0) is 16.0. The van der Waals surface area contributed by atoms with Gasteiger partial charge in [-0.1, -0.05) is 12.1 Å². The molecule has 0 saturated carbocycles. The van der Waals surface area contributed by atoms with E-state index in [0.717, 1.165) is 29.5 Å². The van der Waals surface area contributed by atoms with Crippen LogP contribution in [0.5, 0.6) is 0 Å².